The number of imidazole rings is 1. The van der Waals surface area contributed by atoms with Crippen molar-refractivity contribution in [1.82, 2.24) is 13.4 Å². The molecule has 6 aromatic carbocycles. The molecule has 0 aliphatic carbocycles. The third-order valence-electron chi connectivity index (χ3n) is 8.97. The highest BCUT2D eigenvalue weighted by molar-refractivity contribution is 6.24. The van der Waals surface area contributed by atoms with E-state index in [1.165, 1.54) is 82.5 Å². The van der Waals surface area contributed by atoms with E-state index in [4.69, 9.17) is 0 Å². The summed E-state index contributed by atoms with van der Waals surface area (Å²) in [5.74, 6) is 0. The van der Waals surface area contributed by atoms with Gasteiger partial charge in [0.25, 0.3) is 0 Å². The van der Waals surface area contributed by atoms with E-state index in [2.05, 4.69) is 153 Å². The van der Waals surface area contributed by atoms with Crippen molar-refractivity contribution < 1.29 is 0 Å². The number of hydrogen-bond donors (Lipinski definition) is 0. The van der Waals surface area contributed by atoms with Gasteiger partial charge in [0.05, 0.1) is 33.1 Å². The van der Waals surface area contributed by atoms with Gasteiger partial charge in [0.2, 0.25) is 0 Å². The van der Waals surface area contributed by atoms with Crippen molar-refractivity contribution >= 4 is 65.7 Å². The number of fused-ring (bicyclic) bond motifs is 12. The highest BCUT2D eigenvalue weighted by Gasteiger charge is 2.22. The molecule has 0 unspecified atom stereocenters. The van der Waals surface area contributed by atoms with Crippen molar-refractivity contribution in [3.8, 4) is 16.8 Å². The Labute approximate surface area is 235 Å². The molecule has 3 heteroatoms. The second-order valence-corrected chi connectivity index (χ2v) is 11.0. The lowest BCUT2D eigenvalue weighted by Gasteiger charge is -2.09. The Hall–Kier alpha value is -5.54. The fourth-order valence-electron chi connectivity index (χ4n) is 7.26. The average Bonchev–Trinajstić information content (AvgIpc) is 3.75. The van der Waals surface area contributed by atoms with Gasteiger partial charge in [0.1, 0.15) is 5.65 Å². The van der Waals surface area contributed by atoms with E-state index in [1.54, 1.807) is 0 Å². The maximum Gasteiger partial charge on any atom is 0.131 e. The minimum absolute atomic E-state index is 1.18. The summed E-state index contributed by atoms with van der Waals surface area (Å²) in [6, 6.07) is 50.9. The van der Waals surface area contributed by atoms with Crippen molar-refractivity contribution in [3.63, 3.8) is 0 Å². The monoisotopic (exact) mass is 521 g/mol. The van der Waals surface area contributed by atoms with Crippen LogP contribution in [0.2, 0.25) is 0 Å². The maximum absolute atomic E-state index is 2.44. The number of para-hydroxylation sites is 5. The molecule has 41 heavy (non-hydrogen) atoms. The molecule has 0 saturated heterocycles. The molecule has 4 heterocycles. The number of aromatic nitrogens is 3. The fourth-order valence-corrected chi connectivity index (χ4v) is 7.26. The van der Waals surface area contributed by atoms with Gasteiger partial charge >= 0.3 is 0 Å². The van der Waals surface area contributed by atoms with E-state index in [-0.39, 0.29) is 0 Å². The van der Waals surface area contributed by atoms with Gasteiger partial charge in [0, 0.05) is 32.6 Å². The Morgan fingerprint density at radius 1 is 0.341 bits per heavy atom. The van der Waals surface area contributed by atoms with Crippen molar-refractivity contribution in [3.05, 3.63) is 140 Å². The van der Waals surface area contributed by atoms with Crippen molar-refractivity contribution in [2.75, 3.05) is 0 Å². The second-order valence-electron chi connectivity index (χ2n) is 11.0. The van der Waals surface area contributed by atoms with Crippen LogP contribution in [0.5, 0.6) is 0 Å². The first-order chi connectivity index (χ1) is 20.4. The number of nitrogens with zero attached hydrogens (tertiary/aromatic N) is 3. The van der Waals surface area contributed by atoms with Gasteiger partial charge in [-0.25, -0.2) is 0 Å². The van der Waals surface area contributed by atoms with Gasteiger partial charge in [-0.2, -0.15) is 0 Å². The molecule has 0 bridgehead atoms. The zero-order valence-electron chi connectivity index (χ0n) is 22.1. The largest absolute Gasteiger partial charge is 0.309 e. The van der Waals surface area contributed by atoms with Crippen LogP contribution in [0.3, 0.4) is 0 Å². The quantitative estimate of drug-likeness (QED) is 0.215. The van der Waals surface area contributed by atoms with Crippen LogP contribution in [0.25, 0.3) is 82.5 Å². The molecule has 10 aromatic rings. The molecule has 0 radical (unpaired) electrons. The van der Waals surface area contributed by atoms with Gasteiger partial charge in [0.15, 0.2) is 0 Å². The van der Waals surface area contributed by atoms with Crippen LogP contribution in [-0.4, -0.2) is 13.4 Å². The highest BCUT2D eigenvalue weighted by atomic mass is 15.1. The summed E-state index contributed by atoms with van der Waals surface area (Å²) < 4.78 is 7.24. The Morgan fingerprint density at radius 2 is 0.829 bits per heavy atom. The van der Waals surface area contributed by atoms with E-state index in [9.17, 15) is 0 Å². The Balaban J connectivity index is 1.19. The number of hydrogen-bond acceptors (Lipinski definition) is 0. The summed E-state index contributed by atoms with van der Waals surface area (Å²) in [5, 5.41) is 6.50. The molecule has 3 nitrogen and oxygen atoms in total. The third kappa shape index (κ3) is 2.63. The number of benzene rings is 6. The topological polar surface area (TPSA) is 13.8 Å². The normalized spacial score (nSPS) is 12.4. The first kappa shape index (κ1) is 21.3. The van der Waals surface area contributed by atoms with E-state index < -0.39 is 0 Å². The van der Waals surface area contributed by atoms with E-state index in [0.717, 1.165) is 0 Å². The molecule has 190 valence electrons. The molecule has 10 rings (SSSR count). The Morgan fingerprint density at radius 3 is 1.46 bits per heavy atom. The fraction of sp³-hybridized carbons (Fsp3) is 0. The summed E-state index contributed by atoms with van der Waals surface area (Å²) in [7, 11) is 0. The lowest BCUT2D eigenvalue weighted by molar-refractivity contribution is 1.18. The van der Waals surface area contributed by atoms with Crippen LogP contribution < -0.4 is 0 Å². The van der Waals surface area contributed by atoms with Crippen LogP contribution in [0, 0.1) is 0 Å². The molecular weight excluding hydrogens is 498 g/mol. The maximum atomic E-state index is 2.44. The Bertz CT molecular complexity index is 2570. The molecular formula is C38H23N3. The minimum atomic E-state index is 1.18. The first-order valence-corrected chi connectivity index (χ1v) is 14.1. The van der Waals surface area contributed by atoms with E-state index >= 15 is 0 Å². The van der Waals surface area contributed by atoms with Gasteiger partial charge in [-0.15, -0.1) is 0 Å². The summed E-state index contributed by atoms with van der Waals surface area (Å²) >= 11 is 0. The van der Waals surface area contributed by atoms with Crippen LogP contribution in [-0.2, 0) is 0 Å². The van der Waals surface area contributed by atoms with Gasteiger partial charge in [-0.3, -0.25) is 8.80 Å². The third-order valence-corrected chi connectivity index (χ3v) is 8.97. The molecule has 4 aromatic heterocycles. The smallest absolute Gasteiger partial charge is 0.131 e. The minimum Gasteiger partial charge on any atom is -0.309 e. The summed E-state index contributed by atoms with van der Waals surface area (Å²) in [4.78, 5) is 0. The van der Waals surface area contributed by atoms with E-state index in [1.807, 2.05) is 0 Å². The average molecular weight is 522 g/mol. The molecule has 0 aliphatic heterocycles. The van der Waals surface area contributed by atoms with Crippen LogP contribution in [0.4, 0.5) is 0 Å². The predicted octanol–water partition coefficient (Wildman–Crippen LogP) is 9.85. The molecule has 0 N–H and O–H groups in total. The van der Waals surface area contributed by atoms with E-state index in [0.29, 0.717) is 0 Å². The van der Waals surface area contributed by atoms with Crippen LogP contribution >= 0.6 is 0 Å². The first-order valence-electron chi connectivity index (χ1n) is 14.1. The standard InChI is InChI=1S/C38H23N3/c1-4-12-31-27(9-1)28-10-2-5-13-32(28)39(31)26-20-17-24(18-21-26)25-19-22-34-30(23-25)37-29-11-3-6-14-33(29)40-35-15-7-8-16-36(35)41(34)38(37)40/h1-23H. The molecule has 0 saturated carbocycles. The number of rotatable bonds is 2. The summed E-state index contributed by atoms with van der Waals surface area (Å²) in [6.07, 6.45) is 0. The van der Waals surface area contributed by atoms with Gasteiger partial charge in [-0.05, 0) is 65.7 Å². The lowest BCUT2D eigenvalue weighted by Crippen LogP contribution is -1.93. The molecule has 0 spiro atoms. The lowest BCUT2D eigenvalue weighted by atomic mass is 10.0. The Kier molecular flexibility index (Phi) is 3.93. The van der Waals surface area contributed by atoms with Crippen molar-refractivity contribution in [2.45, 2.75) is 0 Å². The van der Waals surface area contributed by atoms with Crippen molar-refractivity contribution in [1.29, 1.82) is 0 Å². The molecule has 0 aliphatic rings. The zero-order valence-corrected chi connectivity index (χ0v) is 22.1. The predicted molar refractivity (Wildman–Crippen MR) is 172 cm³/mol. The second kappa shape index (κ2) is 7.56. The van der Waals surface area contributed by atoms with Crippen LogP contribution in [0.1, 0.15) is 0 Å². The van der Waals surface area contributed by atoms with Crippen LogP contribution in [0.15, 0.2) is 140 Å². The molecule has 0 fully saturated rings. The highest BCUT2D eigenvalue weighted by Crippen LogP contribution is 2.42. The zero-order chi connectivity index (χ0) is 26.7. The molecule has 0 atom stereocenters. The summed E-state index contributed by atoms with van der Waals surface area (Å²) in [5.41, 5.74) is 12.4. The van der Waals surface area contributed by atoms with Gasteiger partial charge < -0.3 is 4.57 Å². The molecule has 0 amide bonds. The van der Waals surface area contributed by atoms with Gasteiger partial charge in [-0.1, -0.05) is 84.9 Å². The SMILES string of the molecule is c1ccc2c(c1)c1ccccc1n2-c1ccc(-c2ccc3c(c2)c2c4ccccc4n4c5ccccc5n3c24)cc1. The van der Waals surface area contributed by atoms with Crippen molar-refractivity contribution in [2.24, 2.45) is 0 Å². The summed E-state index contributed by atoms with van der Waals surface area (Å²) in [6.45, 7) is 0.